The molecule has 0 aromatic carbocycles. The largest absolute Gasteiger partial charge is 4.00 e. The molecule has 0 amide bonds. The molecule has 1 radical (unpaired) electrons. The minimum Gasteiger partial charge on any atom is -0.870 e. The molecule has 0 aliphatic heterocycles. The van der Waals surface area contributed by atoms with Gasteiger partial charge in [0.05, 0.1) is 0 Å². The first kappa shape index (κ1) is 475. The van der Waals surface area contributed by atoms with Crippen LogP contribution in [0.5, 0.6) is 0 Å². The van der Waals surface area contributed by atoms with Crippen LogP contribution < -0.4 is 0 Å². The van der Waals surface area contributed by atoms with Gasteiger partial charge in [0.2, 0.25) is 0 Å². The normalized spacial score (nSPS) is 0. The Labute approximate surface area is 211 Å². The average Bonchev–Trinajstić information content (AvgIpc) is 0. The summed E-state index contributed by atoms with van der Waals surface area (Å²) in [7, 11) is 0. The monoisotopic (exact) mass is 731 g/mol. The third-order valence-electron chi connectivity index (χ3n) is 0. The standard InChI is InChI=1S/Ce.La.13H2O.Pr.Zr/h;;13*1H2;;/q2*+3;;;;;;;;;;;;;;+3;+4/p-13. The van der Waals surface area contributed by atoms with E-state index in [2.05, 4.69) is 0 Å². The van der Waals surface area contributed by atoms with E-state index in [1.165, 1.54) is 0 Å². The van der Waals surface area contributed by atoms with Crippen molar-refractivity contribution in [3.63, 3.8) is 0 Å². The molecule has 17 heavy (non-hydrogen) atoms. The van der Waals surface area contributed by atoms with Crippen LogP contribution in [0.25, 0.3) is 0 Å². The molecule has 0 unspecified atom stereocenters. The van der Waals surface area contributed by atoms with Crippen molar-refractivity contribution in [2.75, 3.05) is 0 Å². The molecule has 0 aliphatic rings. The summed E-state index contributed by atoms with van der Waals surface area (Å²) in [5.41, 5.74) is 0. The fourth-order valence-electron chi connectivity index (χ4n) is 0. The van der Waals surface area contributed by atoms with Crippen molar-refractivity contribution in [1.29, 1.82) is 0 Å². The van der Waals surface area contributed by atoms with Gasteiger partial charge in [-0.3, -0.25) is 0 Å². The van der Waals surface area contributed by atoms with Crippen LogP contribution in [0.2, 0.25) is 0 Å². The maximum Gasteiger partial charge on any atom is 4.00 e. The van der Waals surface area contributed by atoms with Crippen LogP contribution in [-0.2, 0) is 26.2 Å². The molecule has 0 rings (SSSR count). The van der Waals surface area contributed by atoms with Gasteiger partial charge >= 0.3 is 145 Å². The topological polar surface area (TPSA) is 390 Å². The second-order valence-electron chi connectivity index (χ2n) is 0. The summed E-state index contributed by atoms with van der Waals surface area (Å²) in [4.78, 5) is 0. The van der Waals surface area contributed by atoms with Crippen LogP contribution in [-0.4, -0.2) is 71.2 Å². The molecule has 0 atom stereocenters. The number of hydrogen-bond acceptors (Lipinski definition) is 13. The molecule has 0 aromatic heterocycles. The third-order valence-corrected chi connectivity index (χ3v) is 0. The minimum absolute atomic E-state index is 0. The molecule has 13 N–H and O–H groups in total. The Kier molecular flexibility index (Phi) is 11400. The Bertz CT molecular complexity index is 21.4. The van der Waals surface area contributed by atoms with Gasteiger partial charge in [-0.1, -0.05) is 0 Å². The fourth-order valence-corrected chi connectivity index (χ4v) is 0. The quantitative estimate of drug-likeness (QED) is 0.253. The summed E-state index contributed by atoms with van der Waals surface area (Å²) in [6.07, 6.45) is 0. The molecule has 0 bridgehead atoms. The molecular formula is H13CeLaO13PrZr. The first-order valence-electron chi connectivity index (χ1n) is 0. The van der Waals surface area contributed by atoms with Gasteiger partial charge in [0, 0.05) is 0 Å². The molecule has 0 saturated carbocycles. The molecule has 0 spiro atoms. The van der Waals surface area contributed by atoms with E-state index in [0.29, 0.717) is 0 Å². The summed E-state index contributed by atoms with van der Waals surface area (Å²) in [5.74, 6) is 0. The van der Waals surface area contributed by atoms with Gasteiger partial charge in [0.25, 0.3) is 0 Å². The van der Waals surface area contributed by atoms with Gasteiger partial charge in [-0.25, -0.2) is 0 Å². The Hall–Kier alpha value is 4.30. The maximum atomic E-state index is 0. The van der Waals surface area contributed by atoms with E-state index in [0.717, 1.165) is 0 Å². The zero-order valence-corrected chi connectivity index (χ0v) is 20.9. The van der Waals surface area contributed by atoms with Gasteiger partial charge in [-0.15, -0.1) is 0 Å². The fraction of sp³-hybridized carbons (Fsp3) is 0. The van der Waals surface area contributed by atoms with Crippen molar-refractivity contribution in [3.05, 3.63) is 0 Å². The van der Waals surface area contributed by atoms with Gasteiger partial charge in [0.1, 0.15) is 0 Å². The van der Waals surface area contributed by atoms with Crippen LogP contribution >= 0.6 is 0 Å². The van der Waals surface area contributed by atoms with Gasteiger partial charge in [-0.2, -0.15) is 0 Å². The molecule has 0 heterocycles. The Morgan fingerprint density at radius 2 is 0.294 bits per heavy atom. The van der Waals surface area contributed by atoms with Gasteiger partial charge in [-0.05, 0) is 0 Å². The second kappa shape index (κ2) is 409. The summed E-state index contributed by atoms with van der Waals surface area (Å²) in [5, 5.41) is 0. The predicted octanol–water partition coefficient (Wildman–Crippen LogP) is -2.30. The van der Waals surface area contributed by atoms with Crippen molar-refractivity contribution < 1.29 is 216 Å². The van der Waals surface area contributed by atoms with E-state index in [1.807, 2.05) is 0 Å². The van der Waals surface area contributed by atoms with E-state index >= 15 is 0 Å². The molecule has 0 saturated heterocycles. The molecule has 17 heteroatoms. The molecular weight excluding hydrogens is 719 g/mol. The first-order chi connectivity index (χ1) is 0. The molecule has 0 aliphatic carbocycles. The predicted molar refractivity (Wildman–Crippen MR) is 25.2 cm³/mol. The van der Waals surface area contributed by atoms with E-state index in [9.17, 15) is 0 Å². The summed E-state index contributed by atoms with van der Waals surface area (Å²) < 4.78 is 0. The van der Waals surface area contributed by atoms with E-state index < -0.39 is 0 Å². The Morgan fingerprint density at radius 1 is 0.294 bits per heavy atom. The van der Waals surface area contributed by atoms with E-state index in [-0.39, 0.29) is 216 Å². The van der Waals surface area contributed by atoms with E-state index in [4.69, 9.17) is 0 Å². The van der Waals surface area contributed by atoms with E-state index in [1.54, 1.807) is 0 Å². The SMILES string of the molecule is [Ce+3].[La+3].[OH-].[OH-].[OH-].[OH-].[OH-].[OH-].[OH-].[OH-].[OH-].[OH-].[OH-].[OH-].[OH-].[Pr+3].[Zr+4]. The van der Waals surface area contributed by atoms with Crippen LogP contribution in [0.1, 0.15) is 0 Å². The number of rotatable bonds is 0. The first-order valence-corrected chi connectivity index (χ1v) is 0. The third kappa shape index (κ3) is 368. The zero-order chi connectivity index (χ0) is 0. The second-order valence-corrected chi connectivity index (χ2v) is 0. The van der Waals surface area contributed by atoms with Crippen LogP contribution in [0.4, 0.5) is 0 Å². The maximum absolute atomic E-state index is 0. The van der Waals surface area contributed by atoms with Crippen LogP contribution in [0.3, 0.4) is 0 Å². The molecule has 13 nitrogen and oxygen atoms in total. The Balaban J connectivity index is 0. The van der Waals surface area contributed by atoms with Gasteiger partial charge < -0.3 is 71.2 Å². The summed E-state index contributed by atoms with van der Waals surface area (Å²) >= 11 is 0. The van der Waals surface area contributed by atoms with Crippen molar-refractivity contribution in [2.45, 2.75) is 0 Å². The van der Waals surface area contributed by atoms with Crippen molar-refractivity contribution in [3.8, 4) is 0 Å². The summed E-state index contributed by atoms with van der Waals surface area (Å²) in [6.45, 7) is 0. The smallest absolute Gasteiger partial charge is 0.870 e. The molecule has 105 valence electrons. The molecule has 0 aromatic rings. The number of hydrogen-bond donors (Lipinski definition) is 0. The average molecular weight is 732 g/mol. The van der Waals surface area contributed by atoms with Crippen LogP contribution in [0, 0.1) is 119 Å². The van der Waals surface area contributed by atoms with Crippen molar-refractivity contribution in [1.82, 2.24) is 0 Å². The zero-order valence-electron chi connectivity index (χ0n) is 7.97. The van der Waals surface area contributed by atoms with Crippen molar-refractivity contribution in [2.24, 2.45) is 0 Å². The van der Waals surface area contributed by atoms with Crippen LogP contribution in [0.15, 0.2) is 0 Å². The van der Waals surface area contributed by atoms with Gasteiger partial charge in [0.15, 0.2) is 0 Å². The Morgan fingerprint density at radius 3 is 0.294 bits per heavy atom. The molecule has 0 fully saturated rings. The minimum atomic E-state index is 0. The van der Waals surface area contributed by atoms with Crippen molar-refractivity contribution >= 4 is 0 Å². The summed E-state index contributed by atoms with van der Waals surface area (Å²) in [6, 6.07) is 0.